The summed E-state index contributed by atoms with van der Waals surface area (Å²) in [6.45, 7) is 4.96. The second-order valence-corrected chi connectivity index (χ2v) is 7.16. The Morgan fingerprint density at radius 1 is 1.19 bits per heavy atom. The zero-order chi connectivity index (χ0) is 19.5. The first-order chi connectivity index (χ1) is 12.8. The Hall–Kier alpha value is -2.96. The van der Waals surface area contributed by atoms with Crippen molar-refractivity contribution in [3.63, 3.8) is 0 Å². The maximum Gasteiger partial charge on any atom is 0.335 e. The van der Waals surface area contributed by atoms with Crippen LogP contribution in [0.5, 0.6) is 0 Å². The average Bonchev–Trinajstić information content (AvgIpc) is 2.90. The fraction of sp³-hybridized carbons (Fsp3) is 0.400. The number of anilines is 1. The Bertz CT molecular complexity index is 904. The Kier molecular flexibility index (Phi) is 3.73. The lowest BCUT2D eigenvalue weighted by molar-refractivity contribution is -0.184. The molecule has 4 aliphatic rings. The number of para-hydroxylation sites is 1. The minimum atomic E-state index is -1.55. The van der Waals surface area contributed by atoms with Gasteiger partial charge in [-0.3, -0.25) is 14.4 Å². The van der Waals surface area contributed by atoms with Gasteiger partial charge in [0, 0.05) is 0 Å². The first-order valence-corrected chi connectivity index (χ1v) is 8.86. The van der Waals surface area contributed by atoms with Crippen molar-refractivity contribution in [2.75, 3.05) is 11.5 Å². The number of hydrogen-bond donors (Lipinski definition) is 0. The molecule has 0 aromatic heterocycles. The predicted octanol–water partition coefficient (Wildman–Crippen LogP) is 1.62. The van der Waals surface area contributed by atoms with E-state index in [1.165, 1.54) is 6.92 Å². The summed E-state index contributed by atoms with van der Waals surface area (Å²) in [6.07, 6.45) is -0.936. The number of fused-ring (bicyclic) bond motifs is 1. The smallest absolute Gasteiger partial charge is 0.335 e. The Morgan fingerprint density at radius 3 is 2.48 bits per heavy atom. The summed E-state index contributed by atoms with van der Waals surface area (Å²) in [6, 6.07) is 8.55. The number of imide groups is 1. The number of nitrogens with zero attached hydrogens (tertiary/aromatic N) is 1. The fourth-order valence-corrected chi connectivity index (χ4v) is 4.62. The van der Waals surface area contributed by atoms with Crippen LogP contribution in [0.3, 0.4) is 0 Å². The van der Waals surface area contributed by atoms with E-state index in [1.807, 2.05) is 0 Å². The highest BCUT2D eigenvalue weighted by molar-refractivity contribution is 6.25. The van der Waals surface area contributed by atoms with Crippen molar-refractivity contribution in [2.45, 2.75) is 26.9 Å². The van der Waals surface area contributed by atoms with Crippen LogP contribution < -0.4 is 4.90 Å². The molecule has 2 fully saturated rings. The summed E-state index contributed by atoms with van der Waals surface area (Å²) in [5.74, 6) is -4.04. The van der Waals surface area contributed by atoms with Crippen molar-refractivity contribution in [1.29, 1.82) is 0 Å². The van der Waals surface area contributed by atoms with Crippen LogP contribution in [0.1, 0.15) is 20.8 Å². The van der Waals surface area contributed by atoms with E-state index in [9.17, 15) is 19.2 Å². The van der Waals surface area contributed by atoms with Gasteiger partial charge in [0.1, 0.15) is 11.5 Å². The van der Waals surface area contributed by atoms with Crippen molar-refractivity contribution >= 4 is 29.4 Å². The summed E-state index contributed by atoms with van der Waals surface area (Å²) in [7, 11) is 0. The highest BCUT2D eigenvalue weighted by Crippen LogP contribution is 2.58. The van der Waals surface area contributed by atoms with Crippen LogP contribution in [0.2, 0.25) is 0 Å². The van der Waals surface area contributed by atoms with Crippen molar-refractivity contribution in [3.05, 3.63) is 41.5 Å². The van der Waals surface area contributed by atoms with Crippen molar-refractivity contribution in [1.82, 2.24) is 0 Å². The third kappa shape index (κ3) is 2.08. The lowest BCUT2D eigenvalue weighted by Gasteiger charge is -2.48. The molecule has 4 atom stereocenters. The van der Waals surface area contributed by atoms with Gasteiger partial charge in [0.2, 0.25) is 11.8 Å². The van der Waals surface area contributed by atoms with Gasteiger partial charge in [-0.2, -0.15) is 0 Å². The topological polar surface area (TPSA) is 90.0 Å². The van der Waals surface area contributed by atoms with Crippen LogP contribution >= 0.6 is 0 Å². The fourth-order valence-electron chi connectivity index (χ4n) is 4.62. The SMILES string of the molecule is CCOC(=O)C1=C(C)C2OC(=O)C1(C)C1C(=O)N(c3ccccc3)C(=O)C21. The number of rotatable bonds is 3. The standard InChI is InChI=1S/C20H19NO6/c1-4-26-18(24)13-10(2)15-12-14(20(13,3)19(25)27-15)17(23)21(16(12)22)11-8-6-5-7-9-11/h5-9,12,14-15H,4H2,1-3H3. The van der Waals surface area contributed by atoms with E-state index >= 15 is 0 Å². The van der Waals surface area contributed by atoms with Crippen LogP contribution in [-0.4, -0.2) is 36.5 Å². The molecule has 0 saturated carbocycles. The monoisotopic (exact) mass is 369 g/mol. The summed E-state index contributed by atoms with van der Waals surface area (Å²) in [5.41, 5.74) is -0.491. The molecule has 0 radical (unpaired) electrons. The van der Waals surface area contributed by atoms with Gasteiger partial charge in [0.05, 0.1) is 29.7 Å². The van der Waals surface area contributed by atoms with Gasteiger partial charge in [0.15, 0.2) is 0 Å². The third-order valence-corrected chi connectivity index (χ3v) is 5.79. The predicted molar refractivity (Wildman–Crippen MR) is 93.2 cm³/mol. The molecule has 0 spiro atoms. The van der Waals surface area contributed by atoms with Gasteiger partial charge in [0.25, 0.3) is 0 Å². The average molecular weight is 369 g/mol. The number of amides is 2. The molecule has 3 aliphatic heterocycles. The molecular formula is C20H19NO6. The van der Waals surface area contributed by atoms with Gasteiger partial charge in [-0.15, -0.1) is 0 Å². The van der Waals surface area contributed by atoms with Crippen molar-refractivity contribution in [2.24, 2.45) is 17.3 Å². The van der Waals surface area contributed by atoms with Crippen molar-refractivity contribution in [3.8, 4) is 0 Å². The number of carbonyl (C=O) groups is 4. The molecule has 1 aromatic rings. The molecule has 7 nitrogen and oxygen atoms in total. The van der Waals surface area contributed by atoms with E-state index in [0.717, 1.165) is 4.90 Å². The molecular weight excluding hydrogens is 350 g/mol. The summed E-state index contributed by atoms with van der Waals surface area (Å²) >= 11 is 0. The van der Waals surface area contributed by atoms with Crippen LogP contribution in [0.4, 0.5) is 5.69 Å². The molecule has 140 valence electrons. The first-order valence-electron chi connectivity index (χ1n) is 8.86. The van der Waals surface area contributed by atoms with E-state index in [-0.39, 0.29) is 12.2 Å². The Morgan fingerprint density at radius 2 is 1.85 bits per heavy atom. The maximum atomic E-state index is 13.2. The van der Waals surface area contributed by atoms with Gasteiger partial charge >= 0.3 is 11.9 Å². The summed E-state index contributed by atoms with van der Waals surface area (Å²) in [5, 5.41) is 0. The molecule has 3 heterocycles. The van der Waals surface area contributed by atoms with Crippen LogP contribution in [0, 0.1) is 17.3 Å². The zero-order valence-corrected chi connectivity index (χ0v) is 15.2. The highest BCUT2D eigenvalue weighted by atomic mass is 16.6. The van der Waals surface area contributed by atoms with E-state index in [2.05, 4.69) is 0 Å². The van der Waals surface area contributed by atoms with Crippen LogP contribution in [0.15, 0.2) is 41.5 Å². The maximum absolute atomic E-state index is 13.2. The lowest BCUT2D eigenvalue weighted by Crippen LogP contribution is -2.60. The second-order valence-electron chi connectivity index (χ2n) is 7.16. The number of esters is 2. The summed E-state index contributed by atoms with van der Waals surface area (Å²) < 4.78 is 10.6. The molecule has 2 saturated heterocycles. The first kappa shape index (κ1) is 17.5. The van der Waals surface area contributed by atoms with Gasteiger partial charge in [-0.05, 0) is 38.5 Å². The molecule has 4 unspecified atom stereocenters. The van der Waals surface area contributed by atoms with Crippen LogP contribution in [-0.2, 0) is 28.7 Å². The molecule has 2 bridgehead atoms. The number of ether oxygens (including phenoxy) is 2. The zero-order valence-electron chi connectivity index (χ0n) is 15.2. The quantitative estimate of drug-likeness (QED) is 0.594. The van der Waals surface area contributed by atoms with E-state index in [0.29, 0.717) is 11.3 Å². The number of benzene rings is 1. The lowest BCUT2D eigenvalue weighted by atomic mass is 9.57. The van der Waals surface area contributed by atoms with Gasteiger partial charge in [-0.1, -0.05) is 18.2 Å². The minimum Gasteiger partial charge on any atom is -0.463 e. The number of hydrogen-bond acceptors (Lipinski definition) is 6. The van der Waals surface area contributed by atoms with E-state index < -0.39 is 47.1 Å². The van der Waals surface area contributed by atoms with Crippen molar-refractivity contribution < 1.29 is 28.7 Å². The second kappa shape index (κ2) is 5.77. The normalized spacial score (nSPS) is 31.9. The third-order valence-electron chi connectivity index (χ3n) is 5.79. The molecule has 1 aromatic carbocycles. The molecule has 27 heavy (non-hydrogen) atoms. The van der Waals surface area contributed by atoms with Gasteiger partial charge in [-0.25, -0.2) is 9.69 Å². The Balaban J connectivity index is 1.87. The highest BCUT2D eigenvalue weighted by Gasteiger charge is 2.71. The van der Waals surface area contributed by atoms with E-state index in [1.54, 1.807) is 44.2 Å². The largest absolute Gasteiger partial charge is 0.463 e. The van der Waals surface area contributed by atoms with Crippen LogP contribution in [0.25, 0.3) is 0 Å². The molecule has 2 amide bonds. The van der Waals surface area contributed by atoms with E-state index in [4.69, 9.17) is 9.47 Å². The minimum absolute atomic E-state index is 0.141. The molecule has 5 rings (SSSR count). The molecule has 7 heteroatoms. The molecule has 1 aliphatic carbocycles. The number of carbonyl (C=O) groups excluding carboxylic acids is 4. The Labute approximate surface area is 155 Å². The molecule has 0 N–H and O–H groups in total. The van der Waals surface area contributed by atoms with Gasteiger partial charge < -0.3 is 9.47 Å². The summed E-state index contributed by atoms with van der Waals surface area (Å²) in [4.78, 5) is 52.8.